The highest BCUT2D eigenvalue weighted by atomic mass is 16.3. The summed E-state index contributed by atoms with van der Waals surface area (Å²) in [5, 5.41) is 2.24. The van der Waals surface area contributed by atoms with E-state index in [2.05, 4.69) is 245 Å². The van der Waals surface area contributed by atoms with Crippen LogP contribution in [0.4, 0.5) is 51.2 Å². The van der Waals surface area contributed by atoms with Gasteiger partial charge in [-0.05, 0) is 135 Å². The molecule has 0 aliphatic carbocycles. The van der Waals surface area contributed by atoms with Crippen LogP contribution in [-0.2, 0) is 0 Å². The molecule has 0 saturated heterocycles. The molecule has 0 bridgehead atoms. The van der Waals surface area contributed by atoms with Gasteiger partial charge in [0.2, 0.25) is 0 Å². The number of anilines is 9. The molecular formula is C62H52BN3O. The lowest BCUT2D eigenvalue weighted by atomic mass is 9.33. The largest absolute Gasteiger partial charge is 0.454 e. The van der Waals surface area contributed by atoms with Gasteiger partial charge >= 0.3 is 0 Å². The van der Waals surface area contributed by atoms with Crippen LogP contribution >= 0.6 is 0 Å². The van der Waals surface area contributed by atoms with Gasteiger partial charge in [-0.25, -0.2) is 0 Å². The molecule has 10 aromatic rings. The average Bonchev–Trinajstić information content (AvgIpc) is 3.72. The normalized spacial score (nSPS) is 12.7. The maximum Gasteiger partial charge on any atom is 0.252 e. The number of aryl methyl sites for hydroxylation is 5. The van der Waals surface area contributed by atoms with Gasteiger partial charge < -0.3 is 19.1 Å². The minimum atomic E-state index is -0.0199. The van der Waals surface area contributed by atoms with E-state index in [1.54, 1.807) is 0 Å². The lowest BCUT2D eigenvalue weighted by molar-refractivity contribution is 0.657. The van der Waals surface area contributed by atoms with Gasteiger partial charge in [-0.1, -0.05) is 157 Å². The summed E-state index contributed by atoms with van der Waals surface area (Å²) in [4.78, 5) is 7.50. The van der Waals surface area contributed by atoms with Crippen LogP contribution in [0.3, 0.4) is 0 Å². The van der Waals surface area contributed by atoms with Gasteiger partial charge in [-0.15, -0.1) is 0 Å². The number of fused-ring (bicyclic) bond motifs is 7. The molecule has 0 atom stereocenters. The summed E-state index contributed by atoms with van der Waals surface area (Å²) >= 11 is 0. The molecule has 2 aliphatic rings. The van der Waals surface area contributed by atoms with E-state index in [1.165, 1.54) is 72.3 Å². The van der Waals surface area contributed by atoms with Gasteiger partial charge in [0.1, 0.15) is 5.58 Å². The fourth-order valence-electron chi connectivity index (χ4n) is 10.9. The third-order valence-corrected chi connectivity index (χ3v) is 14.1. The van der Waals surface area contributed by atoms with Crippen LogP contribution in [0, 0.1) is 34.6 Å². The zero-order chi connectivity index (χ0) is 45.7. The van der Waals surface area contributed by atoms with E-state index in [4.69, 9.17) is 4.42 Å². The molecule has 12 rings (SSSR count). The van der Waals surface area contributed by atoms with Crippen molar-refractivity contribution in [2.75, 3.05) is 14.7 Å². The van der Waals surface area contributed by atoms with Crippen LogP contribution < -0.4 is 31.1 Å². The Labute approximate surface area is 394 Å². The fraction of sp³-hybridized carbons (Fsp3) is 0.129. The summed E-state index contributed by atoms with van der Waals surface area (Å²) < 4.78 is 7.13. The lowest BCUT2D eigenvalue weighted by Gasteiger charge is -2.45. The van der Waals surface area contributed by atoms with E-state index in [-0.39, 0.29) is 6.71 Å². The Morgan fingerprint density at radius 3 is 1.66 bits per heavy atom. The van der Waals surface area contributed by atoms with Crippen LogP contribution in [0.1, 0.15) is 53.1 Å². The minimum Gasteiger partial charge on any atom is -0.454 e. The maximum atomic E-state index is 7.13. The highest BCUT2D eigenvalue weighted by molar-refractivity contribution is 7.00. The molecule has 0 fully saturated rings. The van der Waals surface area contributed by atoms with Crippen molar-refractivity contribution in [3.8, 4) is 11.1 Å². The Hall–Kier alpha value is -7.76. The van der Waals surface area contributed by atoms with Crippen molar-refractivity contribution in [1.29, 1.82) is 0 Å². The summed E-state index contributed by atoms with van der Waals surface area (Å²) in [5.74, 6) is 0.309. The van der Waals surface area contributed by atoms with Crippen LogP contribution in [0.15, 0.2) is 186 Å². The predicted octanol–water partition coefficient (Wildman–Crippen LogP) is 15.5. The highest BCUT2D eigenvalue weighted by Crippen LogP contribution is 2.51. The van der Waals surface area contributed by atoms with Gasteiger partial charge in [0.25, 0.3) is 6.71 Å². The van der Waals surface area contributed by atoms with Gasteiger partial charge in [0, 0.05) is 50.5 Å². The first kappa shape index (κ1) is 40.7. The van der Waals surface area contributed by atoms with Crippen LogP contribution in [0.5, 0.6) is 0 Å². The summed E-state index contributed by atoms with van der Waals surface area (Å²) in [6.07, 6.45) is 0. The topological polar surface area (TPSA) is 22.9 Å². The molecule has 0 unspecified atom stereocenters. The Morgan fingerprint density at radius 1 is 0.448 bits per heavy atom. The summed E-state index contributed by atoms with van der Waals surface area (Å²) in [7, 11) is 0. The molecule has 2 aliphatic heterocycles. The lowest BCUT2D eigenvalue weighted by Crippen LogP contribution is -2.61. The molecule has 0 radical (unpaired) electrons. The minimum absolute atomic E-state index is 0.0199. The number of benzene rings is 9. The Morgan fingerprint density at radius 2 is 1.00 bits per heavy atom. The quantitative estimate of drug-likeness (QED) is 0.149. The van der Waals surface area contributed by atoms with E-state index in [0.29, 0.717) is 5.92 Å². The number of hydrogen-bond donors (Lipinski definition) is 0. The van der Waals surface area contributed by atoms with Crippen molar-refractivity contribution in [3.05, 3.63) is 215 Å². The monoisotopic (exact) mass is 865 g/mol. The van der Waals surface area contributed by atoms with E-state index in [9.17, 15) is 0 Å². The van der Waals surface area contributed by atoms with Gasteiger partial charge in [0.05, 0.1) is 17.1 Å². The molecule has 9 aromatic carbocycles. The van der Waals surface area contributed by atoms with Crippen molar-refractivity contribution >= 4 is 96.2 Å². The Balaban J connectivity index is 1.22. The first-order valence-electron chi connectivity index (χ1n) is 23.6. The molecule has 0 saturated carbocycles. The van der Waals surface area contributed by atoms with Gasteiger partial charge in [0.15, 0.2) is 5.58 Å². The number of nitrogens with zero attached hydrogens (tertiary/aromatic N) is 3. The molecule has 0 spiro atoms. The van der Waals surface area contributed by atoms with Gasteiger partial charge in [-0.3, -0.25) is 0 Å². The van der Waals surface area contributed by atoms with E-state index < -0.39 is 0 Å². The Bertz CT molecular complexity index is 3570. The molecule has 1 aromatic heterocycles. The molecular weight excluding hydrogens is 814 g/mol. The van der Waals surface area contributed by atoms with Crippen molar-refractivity contribution in [2.45, 2.75) is 54.4 Å². The zero-order valence-electron chi connectivity index (χ0n) is 39.2. The second-order valence-corrected chi connectivity index (χ2v) is 19.2. The van der Waals surface area contributed by atoms with E-state index in [0.717, 1.165) is 61.8 Å². The average molecular weight is 866 g/mol. The van der Waals surface area contributed by atoms with Crippen molar-refractivity contribution in [1.82, 2.24) is 0 Å². The van der Waals surface area contributed by atoms with Crippen LogP contribution in [0.2, 0.25) is 0 Å². The summed E-state index contributed by atoms with van der Waals surface area (Å²) in [6.45, 7) is 15.5. The molecule has 0 N–H and O–H groups in total. The molecule has 3 heterocycles. The SMILES string of the molecule is Cc1ccc(-c2cc(C)ccc2N2c3ccc(C)cc3B3c4cc(C)ccc4N(c4ccc(C)cc4)c4cc(N(c5ccccc5)c5cccc6c5oc5c(C(C)C)cccc56)cc2c43)cc1. The number of para-hydroxylation sites is 3. The van der Waals surface area contributed by atoms with Crippen molar-refractivity contribution < 1.29 is 4.42 Å². The molecule has 4 nitrogen and oxygen atoms in total. The molecule has 67 heavy (non-hydrogen) atoms. The van der Waals surface area contributed by atoms with Gasteiger partial charge in [-0.2, -0.15) is 0 Å². The third kappa shape index (κ3) is 6.59. The second-order valence-electron chi connectivity index (χ2n) is 19.2. The predicted molar refractivity (Wildman–Crippen MR) is 286 cm³/mol. The van der Waals surface area contributed by atoms with E-state index >= 15 is 0 Å². The standard InChI is InChI=1S/C62H52BN3O/c1-38(2)48-15-11-16-49-50-17-12-18-57(62(50)67-61(48)49)64(45-13-9-8-10-14-45)47-36-58-60-59(37-47)66(54-30-23-41(5)33-51(54)44-26-19-39(3)20-27-44)56-32-25-43(7)35-53(56)63(60)52-34-42(6)24-31-55(52)65(58)46-28-21-40(4)22-29-46/h8-38H,1-7H3. The summed E-state index contributed by atoms with van der Waals surface area (Å²) in [5.41, 5.74) is 25.5. The van der Waals surface area contributed by atoms with Crippen LogP contribution in [-0.4, -0.2) is 6.71 Å². The zero-order valence-corrected chi connectivity index (χ0v) is 39.2. The van der Waals surface area contributed by atoms with Crippen molar-refractivity contribution in [2.24, 2.45) is 0 Å². The van der Waals surface area contributed by atoms with Crippen LogP contribution in [0.25, 0.3) is 33.1 Å². The maximum absolute atomic E-state index is 7.13. The Kier molecular flexibility index (Phi) is 9.55. The first-order chi connectivity index (χ1) is 32.6. The number of hydrogen-bond acceptors (Lipinski definition) is 4. The molecule has 324 valence electrons. The van der Waals surface area contributed by atoms with E-state index in [1.807, 2.05) is 0 Å². The smallest absolute Gasteiger partial charge is 0.252 e. The molecule has 0 amide bonds. The number of rotatable bonds is 7. The van der Waals surface area contributed by atoms with Crippen molar-refractivity contribution in [3.63, 3.8) is 0 Å². The third-order valence-electron chi connectivity index (χ3n) is 14.1. The summed E-state index contributed by atoms with van der Waals surface area (Å²) in [6, 6.07) is 68.0. The second kappa shape index (κ2) is 15.7. The highest BCUT2D eigenvalue weighted by Gasteiger charge is 2.44. The fourth-order valence-corrected chi connectivity index (χ4v) is 10.9. The number of furan rings is 1. The first-order valence-corrected chi connectivity index (χ1v) is 23.6. The molecule has 5 heteroatoms.